The lowest BCUT2D eigenvalue weighted by Crippen LogP contribution is -2.44. The Labute approximate surface area is 193 Å². The average Bonchev–Trinajstić information content (AvgIpc) is 3.44. The minimum atomic E-state index is -0.241. The van der Waals surface area contributed by atoms with Gasteiger partial charge in [-0.2, -0.15) is 0 Å². The van der Waals surface area contributed by atoms with Crippen LogP contribution in [0.3, 0.4) is 0 Å². The molecule has 4 heterocycles. The van der Waals surface area contributed by atoms with E-state index >= 15 is 0 Å². The van der Waals surface area contributed by atoms with Crippen LogP contribution in [-0.2, 0) is 4.79 Å². The number of piperidine rings is 2. The number of hydrogen-bond acceptors (Lipinski definition) is 6. The Bertz CT molecular complexity index is 734. The van der Waals surface area contributed by atoms with Crippen LogP contribution in [0.2, 0.25) is 0 Å². The normalized spacial score (nSPS) is 25.1. The SMILES string of the molecule is CNC1CCN(CC2CCN(c3cc(C(C(=O)N4CCCC4C)C(C)C)on3)CC2)CC1. The number of aromatic nitrogens is 1. The molecule has 7 heteroatoms. The smallest absolute Gasteiger partial charge is 0.233 e. The van der Waals surface area contributed by atoms with Crippen LogP contribution in [0.5, 0.6) is 0 Å². The molecule has 7 nitrogen and oxygen atoms in total. The molecule has 0 aromatic carbocycles. The fourth-order valence-corrected chi connectivity index (χ4v) is 5.86. The highest BCUT2D eigenvalue weighted by molar-refractivity contribution is 5.84. The van der Waals surface area contributed by atoms with Crippen LogP contribution >= 0.6 is 0 Å². The monoisotopic (exact) mass is 445 g/mol. The second-order valence-electron chi connectivity index (χ2n) is 10.6. The van der Waals surface area contributed by atoms with E-state index in [0.29, 0.717) is 12.1 Å². The molecular weight excluding hydrogens is 402 g/mol. The summed E-state index contributed by atoms with van der Waals surface area (Å²) in [6.07, 6.45) is 7.13. The van der Waals surface area contributed by atoms with Crippen molar-refractivity contribution in [1.29, 1.82) is 0 Å². The molecule has 0 aliphatic carbocycles. The Balaban J connectivity index is 1.31. The molecule has 3 fully saturated rings. The van der Waals surface area contributed by atoms with Crippen molar-refractivity contribution in [2.75, 3.05) is 51.2 Å². The van der Waals surface area contributed by atoms with Gasteiger partial charge in [0.1, 0.15) is 5.92 Å². The van der Waals surface area contributed by atoms with Gasteiger partial charge >= 0.3 is 0 Å². The number of rotatable bonds is 7. The van der Waals surface area contributed by atoms with E-state index in [1.165, 1.54) is 45.3 Å². The van der Waals surface area contributed by atoms with E-state index < -0.39 is 0 Å². The van der Waals surface area contributed by atoms with Crippen LogP contribution in [0.25, 0.3) is 0 Å². The number of nitrogens with zero attached hydrogens (tertiary/aromatic N) is 4. The van der Waals surface area contributed by atoms with Gasteiger partial charge in [-0.3, -0.25) is 4.79 Å². The largest absolute Gasteiger partial charge is 0.358 e. The highest BCUT2D eigenvalue weighted by atomic mass is 16.5. The van der Waals surface area contributed by atoms with E-state index in [1.807, 2.05) is 11.0 Å². The van der Waals surface area contributed by atoms with Crippen molar-refractivity contribution in [3.63, 3.8) is 0 Å². The first kappa shape index (κ1) is 23.6. The summed E-state index contributed by atoms with van der Waals surface area (Å²) in [7, 11) is 2.08. The molecule has 1 N–H and O–H groups in total. The lowest BCUT2D eigenvalue weighted by Gasteiger charge is -2.37. The Hall–Kier alpha value is -1.60. The molecule has 4 rings (SSSR count). The number of carbonyl (C=O) groups is 1. The number of carbonyl (C=O) groups excluding carboxylic acids is 1. The molecule has 180 valence electrons. The third-order valence-corrected chi connectivity index (χ3v) is 8.04. The van der Waals surface area contributed by atoms with Crippen molar-refractivity contribution >= 4 is 11.7 Å². The van der Waals surface area contributed by atoms with Crippen molar-refractivity contribution in [2.24, 2.45) is 11.8 Å². The third-order valence-electron chi connectivity index (χ3n) is 8.04. The summed E-state index contributed by atoms with van der Waals surface area (Å²) in [5, 5.41) is 7.81. The number of amides is 1. The van der Waals surface area contributed by atoms with Gasteiger partial charge < -0.3 is 24.5 Å². The van der Waals surface area contributed by atoms with E-state index in [1.54, 1.807) is 0 Å². The van der Waals surface area contributed by atoms with E-state index in [4.69, 9.17) is 4.52 Å². The quantitative estimate of drug-likeness (QED) is 0.695. The lowest BCUT2D eigenvalue weighted by molar-refractivity contribution is -0.134. The minimum absolute atomic E-state index is 0.189. The Morgan fingerprint density at radius 1 is 1.12 bits per heavy atom. The van der Waals surface area contributed by atoms with Crippen LogP contribution < -0.4 is 10.2 Å². The van der Waals surface area contributed by atoms with Gasteiger partial charge in [0.2, 0.25) is 5.91 Å². The van der Waals surface area contributed by atoms with E-state index in [-0.39, 0.29) is 17.7 Å². The van der Waals surface area contributed by atoms with Gasteiger partial charge in [-0.1, -0.05) is 19.0 Å². The zero-order valence-electron chi connectivity index (χ0n) is 20.6. The molecule has 1 amide bonds. The summed E-state index contributed by atoms with van der Waals surface area (Å²) in [5.41, 5.74) is 0. The van der Waals surface area contributed by atoms with Crippen LogP contribution in [0.1, 0.15) is 71.0 Å². The first-order valence-corrected chi connectivity index (χ1v) is 12.9. The van der Waals surface area contributed by atoms with Gasteiger partial charge in [0.15, 0.2) is 11.6 Å². The average molecular weight is 446 g/mol. The predicted octanol–water partition coefficient (Wildman–Crippen LogP) is 3.33. The van der Waals surface area contributed by atoms with Crippen molar-refractivity contribution < 1.29 is 9.32 Å². The van der Waals surface area contributed by atoms with Gasteiger partial charge in [-0.25, -0.2) is 0 Å². The minimum Gasteiger partial charge on any atom is -0.358 e. The summed E-state index contributed by atoms with van der Waals surface area (Å²) < 4.78 is 5.77. The maximum atomic E-state index is 13.3. The van der Waals surface area contributed by atoms with E-state index in [9.17, 15) is 4.79 Å². The molecule has 1 aromatic rings. The van der Waals surface area contributed by atoms with Crippen molar-refractivity contribution in [3.8, 4) is 0 Å². The number of likely N-dealkylation sites (tertiary alicyclic amines) is 2. The molecule has 2 atom stereocenters. The number of hydrogen-bond donors (Lipinski definition) is 1. The number of nitrogens with one attached hydrogen (secondary N) is 1. The van der Waals surface area contributed by atoms with Gasteiger partial charge in [-0.15, -0.1) is 0 Å². The second kappa shape index (κ2) is 10.6. The van der Waals surface area contributed by atoms with Crippen molar-refractivity contribution in [3.05, 3.63) is 11.8 Å². The highest BCUT2D eigenvalue weighted by Gasteiger charge is 2.36. The Morgan fingerprint density at radius 3 is 2.44 bits per heavy atom. The summed E-state index contributed by atoms with van der Waals surface area (Å²) >= 11 is 0. The van der Waals surface area contributed by atoms with Crippen molar-refractivity contribution in [1.82, 2.24) is 20.3 Å². The second-order valence-corrected chi connectivity index (χ2v) is 10.6. The van der Waals surface area contributed by atoms with Gasteiger partial charge in [0.25, 0.3) is 0 Å². The topological polar surface area (TPSA) is 64.8 Å². The number of anilines is 1. The molecule has 0 bridgehead atoms. The molecule has 1 aromatic heterocycles. The van der Waals surface area contributed by atoms with Crippen molar-refractivity contribution in [2.45, 2.75) is 77.3 Å². The molecule has 3 saturated heterocycles. The van der Waals surface area contributed by atoms with Crippen LogP contribution in [0.15, 0.2) is 10.6 Å². The molecule has 3 aliphatic rings. The van der Waals surface area contributed by atoms with Gasteiger partial charge in [0.05, 0.1) is 0 Å². The fourth-order valence-electron chi connectivity index (χ4n) is 5.86. The summed E-state index contributed by atoms with van der Waals surface area (Å²) in [6.45, 7) is 12.9. The molecular formula is C25H43N5O2. The molecule has 0 spiro atoms. The lowest BCUT2D eigenvalue weighted by atomic mass is 9.91. The van der Waals surface area contributed by atoms with Crippen LogP contribution in [0.4, 0.5) is 5.82 Å². The Morgan fingerprint density at radius 2 is 1.84 bits per heavy atom. The molecule has 0 saturated carbocycles. The molecule has 32 heavy (non-hydrogen) atoms. The summed E-state index contributed by atoms with van der Waals surface area (Å²) in [4.78, 5) is 20.3. The zero-order valence-corrected chi connectivity index (χ0v) is 20.6. The van der Waals surface area contributed by atoms with Crippen LogP contribution in [0, 0.1) is 11.8 Å². The first-order valence-electron chi connectivity index (χ1n) is 12.9. The van der Waals surface area contributed by atoms with E-state index in [0.717, 1.165) is 50.0 Å². The molecule has 2 unspecified atom stereocenters. The zero-order chi connectivity index (χ0) is 22.7. The Kier molecular flexibility index (Phi) is 7.77. The third kappa shape index (κ3) is 5.30. The van der Waals surface area contributed by atoms with E-state index in [2.05, 4.69) is 48.1 Å². The van der Waals surface area contributed by atoms with Crippen LogP contribution in [-0.4, -0.2) is 79.3 Å². The molecule has 0 radical (unpaired) electrons. The summed E-state index contributed by atoms with van der Waals surface area (Å²) in [6, 6.07) is 3.06. The van der Waals surface area contributed by atoms with Gasteiger partial charge in [0, 0.05) is 44.3 Å². The predicted molar refractivity (Wildman–Crippen MR) is 128 cm³/mol. The standard InChI is InChI=1S/C25H43N5O2/c1-18(2)24(25(31)30-11-5-6-19(30)3)22-16-23(27-32-22)29-14-7-20(8-15-29)17-28-12-9-21(26-4)10-13-28/h16,18-21,24,26H,5-15,17H2,1-4H3. The molecule has 3 aliphatic heterocycles. The fraction of sp³-hybridized carbons (Fsp3) is 0.840. The highest BCUT2D eigenvalue weighted by Crippen LogP contribution is 2.33. The van der Waals surface area contributed by atoms with Gasteiger partial charge in [-0.05, 0) is 77.4 Å². The summed E-state index contributed by atoms with van der Waals surface area (Å²) in [5.74, 6) is 2.55. The first-order chi connectivity index (χ1) is 15.5. The maximum absolute atomic E-state index is 13.3. The maximum Gasteiger partial charge on any atom is 0.233 e.